The van der Waals surface area contributed by atoms with Crippen molar-refractivity contribution in [3.8, 4) is 11.5 Å². The monoisotopic (exact) mass is 358 g/mol. The molecule has 1 aliphatic heterocycles. The maximum absolute atomic E-state index is 12.9. The Balaban J connectivity index is 1.74. The number of ether oxygens (including phenoxy) is 2. The molecule has 0 aliphatic carbocycles. The molecule has 0 fully saturated rings. The van der Waals surface area contributed by atoms with Crippen LogP contribution in [0.25, 0.3) is 6.08 Å². The van der Waals surface area contributed by atoms with Crippen LogP contribution >= 0.6 is 0 Å². The Hall–Kier alpha value is -3.42. The third kappa shape index (κ3) is 3.80. The zero-order chi connectivity index (χ0) is 18.7. The van der Waals surface area contributed by atoms with Crippen LogP contribution in [0.4, 0.5) is 10.1 Å². The molecular weight excluding hydrogens is 343 g/mol. The third-order valence-electron chi connectivity index (χ3n) is 3.86. The lowest BCUT2D eigenvalue weighted by Gasteiger charge is -2.12. The number of benzene rings is 2. The summed E-state index contributed by atoms with van der Waals surface area (Å²) in [5.74, 6) is -0.116. The van der Waals surface area contributed by atoms with Gasteiger partial charge in [0.25, 0.3) is 5.69 Å². The zero-order valence-corrected chi connectivity index (χ0v) is 13.8. The summed E-state index contributed by atoms with van der Waals surface area (Å²) in [6.45, 7) is 1.75. The van der Waals surface area contributed by atoms with Gasteiger partial charge in [-0.25, -0.2) is 4.39 Å². The second kappa shape index (κ2) is 7.22. The Morgan fingerprint density at radius 2 is 1.92 bits per heavy atom. The molecule has 8 heteroatoms. The van der Waals surface area contributed by atoms with Crippen LogP contribution in [0.5, 0.6) is 11.5 Å². The number of nitro benzene ring substituents is 1. The van der Waals surface area contributed by atoms with E-state index in [-0.39, 0.29) is 29.9 Å². The summed E-state index contributed by atoms with van der Waals surface area (Å²) in [6.07, 6.45) is 2.54. The third-order valence-corrected chi connectivity index (χ3v) is 3.86. The number of nitrogens with zero attached hydrogens (tertiary/aromatic N) is 1. The molecule has 0 aromatic heterocycles. The first kappa shape index (κ1) is 17.4. The number of amides is 1. The molecule has 1 heterocycles. The van der Waals surface area contributed by atoms with Crippen molar-refractivity contribution in [3.05, 3.63) is 69.5 Å². The molecule has 1 N–H and O–H groups in total. The van der Waals surface area contributed by atoms with Gasteiger partial charge in [0.2, 0.25) is 12.7 Å². The highest BCUT2D eigenvalue weighted by atomic mass is 19.1. The van der Waals surface area contributed by atoms with Gasteiger partial charge < -0.3 is 14.8 Å². The minimum atomic E-state index is -0.555. The molecule has 0 bridgehead atoms. The van der Waals surface area contributed by atoms with Crippen molar-refractivity contribution in [1.82, 2.24) is 5.32 Å². The molecule has 2 aromatic rings. The average molecular weight is 358 g/mol. The summed E-state index contributed by atoms with van der Waals surface area (Å²) < 4.78 is 23.3. The van der Waals surface area contributed by atoms with E-state index in [2.05, 4.69) is 5.32 Å². The SMILES string of the molecule is C[C@H](NC(=O)/C=C/c1cc2c(cc1[N+](=O)[O-])OCO2)c1ccc(F)cc1. The van der Waals surface area contributed by atoms with E-state index in [1.165, 1.54) is 36.4 Å². The molecule has 1 amide bonds. The van der Waals surface area contributed by atoms with Crippen LogP contribution in [-0.4, -0.2) is 17.6 Å². The lowest BCUT2D eigenvalue weighted by atomic mass is 10.1. The van der Waals surface area contributed by atoms with E-state index in [1.54, 1.807) is 19.1 Å². The van der Waals surface area contributed by atoms with Gasteiger partial charge in [0, 0.05) is 6.08 Å². The van der Waals surface area contributed by atoms with E-state index in [4.69, 9.17) is 9.47 Å². The van der Waals surface area contributed by atoms with Crippen LogP contribution in [0, 0.1) is 15.9 Å². The molecule has 26 heavy (non-hydrogen) atoms. The number of carbonyl (C=O) groups excluding carboxylic acids is 1. The molecule has 7 nitrogen and oxygen atoms in total. The fourth-order valence-electron chi connectivity index (χ4n) is 2.50. The molecule has 0 saturated carbocycles. The highest BCUT2D eigenvalue weighted by Crippen LogP contribution is 2.38. The number of hydrogen-bond acceptors (Lipinski definition) is 5. The summed E-state index contributed by atoms with van der Waals surface area (Å²) in [5, 5.41) is 13.9. The summed E-state index contributed by atoms with van der Waals surface area (Å²) in [6, 6.07) is 8.14. The van der Waals surface area contributed by atoms with Gasteiger partial charge in [-0.05, 0) is 36.8 Å². The number of hydrogen-bond donors (Lipinski definition) is 1. The number of fused-ring (bicyclic) bond motifs is 1. The molecule has 0 spiro atoms. The maximum Gasteiger partial charge on any atom is 0.280 e. The van der Waals surface area contributed by atoms with Gasteiger partial charge in [0.05, 0.1) is 22.6 Å². The molecule has 3 rings (SSSR count). The topological polar surface area (TPSA) is 90.7 Å². The Labute approximate surface area is 148 Å². The highest BCUT2D eigenvalue weighted by molar-refractivity contribution is 5.92. The van der Waals surface area contributed by atoms with E-state index in [0.717, 1.165) is 5.56 Å². The van der Waals surface area contributed by atoms with Crippen LogP contribution in [0.3, 0.4) is 0 Å². The highest BCUT2D eigenvalue weighted by Gasteiger charge is 2.22. The van der Waals surface area contributed by atoms with Gasteiger partial charge >= 0.3 is 0 Å². The van der Waals surface area contributed by atoms with E-state index in [0.29, 0.717) is 11.5 Å². The lowest BCUT2D eigenvalue weighted by molar-refractivity contribution is -0.385. The second-order valence-corrected chi connectivity index (χ2v) is 5.64. The second-order valence-electron chi connectivity index (χ2n) is 5.64. The quantitative estimate of drug-likeness (QED) is 0.503. The molecule has 0 saturated heterocycles. The van der Waals surface area contributed by atoms with Gasteiger partial charge in [0.15, 0.2) is 11.5 Å². The fourth-order valence-corrected chi connectivity index (χ4v) is 2.50. The Bertz CT molecular complexity index is 880. The standard InChI is InChI=1S/C18H15FN2O5/c1-11(12-2-5-14(19)6-3-12)20-18(22)7-4-13-8-16-17(26-10-25-16)9-15(13)21(23)24/h2-9,11H,10H2,1H3,(H,20,22)/b7-4+/t11-/m0/s1. The van der Waals surface area contributed by atoms with E-state index in [1.807, 2.05) is 0 Å². The minimum absolute atomic E-state index is 0.00464. The van der Waals surface area contributed by atoms with Crippen molar-refractivity contribution in [3.63, 3.8) is 0 Å². The van der Waals surface area contributed by atoms with Crippen LogP contribution in [0.15, 0.2) is 42.5 Å². The van der Waals surface area contributed by atoms with E-state index < -0.39 is 10.8 Å². The van der Waals surface area contributed by atoms with Gasteiger partial charge in [-0.15, -0.1) is 0 Å². The average Bonchev–Trinajstić information content (AvgIpc) is 3.06. The number of nitrogens with one attached hydrogen (secondary N) is 1. The number of nitro groups is 1. The molecule has 0 unspecified atom stereocenters. The number of carbonyl (C=O) groups is 1. The largest absolute Gasteiger partial charge is 0.454 e. The first-order chi connectivity index (χ1) is 12.4. The Morgan fingerprint density at radius 1 is 1.27 bits per heavy atom. The molecule has 134 valence electrons. The predicted molar refractivity (Wildman–Crippen MR) is 91.2 cm³/mol. The van der Waals surface area contributed by atoms with Crippen LogP contribution < -0.4 is 14.8 Å². The minimum Gasteiger partial charge on any atom is -0.454 e. The summed E-state index contributed by atoms with van der Waals surface area (Å²) in [7, 11) is 0. The van der Waals surface area contributed by atoms with Gasteiger partial charge in [-0.3, -0.25) is 14.9 Å². The van der Waals surface area contributed by atoms with Crippen molar-refractivity contribution in [2.24, 2.45) is 0 Å². The summed E-state index contributed by atoms with van der Waals surface area (Å²) >= 11 is 0. The smallest absolute Gasteiger partial charge is 0.280 e. The summed E-state index contributed by atoms with van der Waals surface area (Å²) in [5.41, 5.74) is 0.774. The number of halogens is 1. The van der Waals surface area contributed by atoms with Crippen molar-refractivity contribution >= 4 is 17.7 Å². The molecule has 2 aromatic carbocycles. The van der Waals surface area contributed by atoms with Crippen molar-refractivity contribution < 1.29 is 23.6 Å². The first-order valence-corrected chi connectivity index (χ1v) is 7.76. The Morgan fingerprint density at radius 3 is 2.58 bits per heavy atom. The zero-order valence-electron chi connectivity index (χ0n) is 13.8. The normalized spacial score (nSPS) is 13.6. The number of rotatable bonds is 5. The lowest BCUT2D eigenvalue weighted by Crippen LogP contribution is -2.24. The maximum atomic E-state index is 12.9. The van der Waals surface area contributed by atoms with E-state index >= 15 is 0 Å². The first-order valence-electron chi connectivity index (χ1n) is 7.76. The Kier molecular flexibility index (Phi) is 4.83. The van der Waals surface area contributed by atoms with Crippen molar-refractivity contribution in [2.45, 2.75) is 13.0 Å². The van der Waals surface area contributed by atoms with Crippen LogP contribution in [0.1, 0.15) is 24.1 Å². The molecule has 1 aliphatic rings. The molecular formula is C18H15FN2O5. The summed E-state index contributed by atoms with van der Waals surface area (Å²) in [4.78, 5) is 22.7. The predicted octanol–water partition coefficient (Wildman–Crippen LogP) is 3.35. The van der Waals surface area contributed by atoms with E-state index in [9.17, 15) is 19.3 Å². The van der Waals surface area contributed by atoms with Crippen molar-refractivity contribution in [1.29, 1.82) is 0 Å². The van der Waals surface area contributed by atoms with Crippen LogP contribution in [-0.2, 0) is 4.79 Å². The molecule has 0 radical (unpaired) electrons. The van der Waals surface area contributed by atoms with Crippen molar-refractivity contribution in [2.75, 3.05) is 6.79 Å². The molecule has 1 atom stereocenters. The van der Waals surface area contributed by atoms with Gasteiger partial charge in [0.1, 0.15) is 5.82 Å². The van der Waals surface area contributed by atoms with Crippen LogP contribution in [0.2, 0.25) is 0 Å². The van der Waals surface area contributed by atoms with Gasteiger partial charge in [-0.1, -0.05) is 12.1 Å². The van der Waals surface area contributed by atoms with Gasteiger partial charge in [-0.2, -0.15) is 0 Å². The fraction of sp³-hybridized carbons (Fsp3) is 0.167.